The molecule has 2 aromatic rings. The fourth-order valence-corrected chi connectivity index (χ4v) is 2.63. The fourth-order valence-electron chi connectivity index (χ4n) is 2.63. The van der Waals surface area contributed by atoms with E-state index in [0.717, 1.165) is 41.5 Å². The van der Waals surface area contributed by atoms with E-state index in [-0.39, 0.29) is 6.54 Å². The summed E-state index contributed by atoms with van der Waals surface area (Å²) < 4.78 is 36.4. The molecule has 0 aliphatic carbocycles. The molecule has 112 valence electrons. The van der Waals surface area contributed by atoms with E-state index in [9.17, 15) is 13.2 Å². The summed E-state index contributed by atoms with van der Waals surface area (Å²) in [6.45, 7) is 0.146. The van der Waals surface area contributed by atoms with E-state index >= 15 is 0 Å². The summed E-state index contributed by atoms with van der Waals surface area (Å²) in [6, 6.07) is 5.63. The third-order valence-electron chi connectivity index (χ3n) is 3.59. The third-order valence-corrected chi connectivity index (χ3v) is 3.59. The number of alkyl halides is 3. The lowest BCUT2D eigenvalue weighted by atomic mass is 10.0. The van der Waals surface area contributed by atoms with E-state index in [1.807, 2.05) is 24.4 Å². The molecule has 1 aliphatic heterocycles. The highest BCUT2D eigenvalue weighted by Crippen LogP contribution is 2.29. The minimum Gasteiger partial charge on any atom is -0.384 e. The van der Waals surface area contributed by atoms with Crippen molar-refractivity contribution in [3.05, 3.63) is 35.5 Å². The van der Waals surface area contributed by atoms with Crippen molar-refractivity contribution >= 4 is 16.6 Å². The summed E-state index contributed by atoms with van der Waals surface area (Å²) in [4.78, 5) is 4.42. The SMILES string of the molecule is FC(F)(F)CNCc1ccc2c3c(cnc2c1)CCCN3. The topological polar surface area (TPSA) is 37.0 Å². The van der Waals surface area contributed by atoms with Gasteiger partial charge < -0.3 is 10.6 Å². The number of fused-ring (bicyclic) bond motifs is 3. The van der Waals surface area contributed by atoms with Crippen LogP contribution >= 0.6 is 0 Å². The molecule has 0 unspecified atom stereocenters. The highest BCUT2D eigenvalue weighted by atomic mass is 19.4. The number of hydrogen-bond acceptors (Lipinski definition) is 3. The van der Waals surface area contributed by atoms with E-state index in [2.05, 4.69) is 15.6 Å². The van der Waals surface area contributed by atoms with Crippen molar-refractivity contribution in [1.29, 1.82) is 0 Å². The van der Waals surface area contributed by atoms with Crippen LogP contribution in [0.3, 0.4) is 0 Å². The molecule has 0 fully saturated rings. The molecule has 1 aliphatic rings. The monoisotopic (exact) mass is 295 g/mol. The van der Waals surface area contributed by atoms with Gasteiger partial charge in [0.1, 0.15) is 0 Å². The molecule has 21 heavy (non-hydrogen) atoms. The fraction of sp³-hybridized carbons (Fsp3) is 0.400. The van der Waals surface area contributed by atoms with E-state index in [0.29, 0.717) is 0 Å². The molecule has 0 saturated heterocycles. The zero-order valence-corrected chi connectivity index (χ0v) is 11.4. The predicted octanol–water partition coefficient (Wildman–Crippen LogP) is 3.24. The molecule has 0 atom stereocenters. The molecule has 1 aromatic heterocycles. The van der Waals surface area contributed by atoms with Gasteiger partial charge in [-0.25, -0.2) is 0 Å². The van der Waals surface area contributed by atoms with Gasteiger partial charge in [0.2, 0.25) is 0 Å². The van der Waals surface area contributed by atoms with Crippen molar-refractivity contribution in [3.63, 3.8) is 0 Å². The second kappa shape index (κ2) is 5.52. The van der Waals surface area contributed by atoms with Gasteiger partial charge in [0.15, 0.2) is 0 Å². The summed E-state index contributed by atoms with van der Waals surface area (Å²) in [5.41, 5.74) is 3.93. The Kier molecular flexibility index (Phi) is 3.71. The number of nitrogens with zero attached hydrogens (tertiary/aromatic N) is 1. The predicted molar refractivity (Wildman–Crippen MR) is 76.3 cm³/mol. The summed E-state index contributed by atoms with van der Waals surface area (Å²) in [7, 11) is 0. The molecule has 2 heterocycles. The van der Waals surface area contributed by atoms with E-state index in [1.54, 1.807) is 0 Å². The molecule has 0 bridgehead atoms. The zero-order chi connectivity index (χ0) is 14.9. The number of aryl methyl sites for hydroxylation is 1. The van der Waals surface area contributed by atoms with Crippen LogP contribution in [0, 0.1) is 0 Å². The zero-order valence-electron chi connectivity index (χ0n) is 11.4. The number of benzene rings is 1. The standard InChI is InChI=1S/C15H16F3N3/c16-15(17,18)9-19-7-10-3-4-12-13(6-10)21-8-11-2-1-5-20-14(11)12/h3-4,6,8,19-20H,1-2,5,7,9H2. The Balaban J connectivity index is 1.81. The van der Waals surface area contributed by atoms with Crippen LogP contribution in [0.1, 0.15) is 17.5 Å². The van der Waals surface area contributed by atoms with Crippen molar-refractivity contribution in [2.24, 2.45) is 0 Å². The average molecular weight is 295 g/mol. The minimum absolute atomic E-state index is 0.182. The number of anilines is 1. The smallest absolute Gasteiger partial charge is 0.384 e. The Morgan fingerprint density at radius 2 is 2.14 bits per heavy atom. The third kappa shape index (κ3) is 3.26. The highest BCUT2D eigenvalue weighted by molar-refractivity contribution is 5.93. The number of aromatic nitrogens is 1. The molecular weight excluding hydrogens is 279 g/mol. The van der Waals surface area contributed by atoms with Crippen molar-refractivity contribution in [3.8, 4) is 0 Å². The van der Waals surface area contributed by atoms with Gasteiger partial charge in [-0.1, -0.05) is 12.1 Å². The molecule has 0 saturated carbocycles. The lowest BCUT2D eigenvalue weighted by Gasteiger charge is -2.19. The van der Waals surface area contributed by atoms with Crippen molar-refractivity contribution in [1.82, 2.24) is 10.3 Å². The maximum absolute atomic E-state index is 12.1. The normalized spacial score (nSPS) is 14.8. The van der Waals surface area contributed by atoms with Gasteiger partial charge >= 0.3 is 6.18 Å². The molecule has 2 N–H and O–H groups in total. The Hall–Kier alpha value is -1.82. The Morgan fingerprint density at radius 1 is 1.29 bits per heavy atom. The van der Waals surface area contributed by atoms with Gasteiger partial charge in [0.25, 0.3) is 0 Å². The quantitative estimate of drug-likeness (QED) is 0.912. The first-order chi connectivity index (χ1) is 10.0. The number of pyridine rings is 1. The first-order valence-corrected chi connectivity index (χ1v) is 6.95. The number of nitrogens with one attached hydrogen (secondary N) is 2. The molecule has 0 radical (unpaired) electrons. The van der Waals surface area contributed by atoms with E-state index in [1.165, 1.54) is 5.56 Å². The molecular formula is C15H16F3N3. The highest BCUT2D eigenvalue weighted by Gasteiger charge is 2.26. The molecule has 0 spiro atoms. The molecule has 1 aromatic carbocycles. The van der Waals surface area contributed by atoms with E-state index < -0.39 is 12.7 Å². The van der Waals surface area contributed by atoms with Crippen LogP contribution < -0.4 is 10.6 Å². The molecule has 3 nitrogen and oxygen atoms in total. The molecule has 6 heteroatoms. The van der Waals surface area contributed by atoms with Crippen LogP contribution in [0.2, 0.25) is 0 Å². The van der Waals surface area contributed by atoms with E-state index in [4.69, 9.17) is 0 Å². The Bertz CT molecular complexity index is 652. The van der Waals surface area contributed by atoms with Gasteiger partial charge in [0, 0.05) is 30.4 Å². The van der Waals surface area contributed by atoms with Gasteiger partial charge in [-0.15, -0.1) is 0 Å². The van der Waals surface area contributed by atoms with Gasteiger partial charge in [0.05, 0.1) is 12.1 Å². The van der Waals surface area contributed by atoms with Gasteiger partial charge in [-0.2, -0.15) is 13.2 Å². The first-order valence-electron chi connectivity index (χ1n) is 6.95. The maximum atomic E-state index is 12.1. The van der Waals surface area contributed by atoms with Crippen LogP contribution in [-0.4, -0.2) is 24.2 Å². The van der Waals surface area contributed by atoms with Crippen molar-refractivity contribution < 1.29 is 13.2 Å². The first kappa shape index (κ1) is 14.1. The summed E-state index contributed by atoms with van der Waals surface area (Å²) in [5.74, 6) is 0. The summed E-state index contributed by atoms with van der Waals surface area (Å²) in [6.07, 6.45) is -0.214. The van der Waals surface area contributed by atoms with Crippen LogP contribution in [0.5, 0.6) is 0 Å². The van der Waals surface area contributed by atoms with Crippen LogP contribution in [0.25, 0.3) is 10.9 Å². The number of rotatable bonds is 3. The second-order valence-electron chi connectivity index (χ2n) is 5.26. The summed E-state index contributed by atoms with van der Waals surface area (Å²) >= 11 is 0. The number of halogens is 3. The maximum Gasteiger partial charge on any atom is 0.401 e. The van der Waals surface area contributed by atoms with Crippen LogP contribution in [0.15, 0.2) is 24.4 Å². The van der Waals surface area contributed by atoms with Crippen LogP contribution in [0.4, 0.5) is 18.9 Å². The van der Waals surface area contributed by atoms with Crippen molar-refractivity contribution in [2.75, 3.05) is 18.4 Å². The van der Waals surface area contributed by atoms with Crippen LogP contribution in [-0.2, 0) is 13.0 Å². The lowest BCUT2D eigenvalue weighted by Crippen LogP contribution is -2.28. The largest absolute Gasteiger partial charge is 0.401 e. The van der Waals surface area contributed by atoms with Gasteiger partial charge in [-0.3, -0.25) is 4.98 Å². The Morgan fingerprint density at radius 3 is 2.95 bits per heavy atom. The second-order valence-corrected chi connectivity index (χ2v) is 5.26. The summed E-state index contributed by atoms with van der Waals surface area (Å²) in [5, 5.41) is 6.82. The lowest BCUT2D eigenvalue weighted by molar-refractivity contribution is -0.125. The molecule has 3 rings (SSSR count). The Labute approximate surface area is 120 Å². The van der Waals surface area contributed by atoms with Crippen molar-refractivity contribution in [2.45, 2.75) is 25.6 Å². The van der Waals surface area contributed by atoms with Gasteiger partial charge in [-0.05, 0) is 30.0 Å². The minimum atomic E-state index is -4.18. The number of hydrogen-bond donors (Lipinski definition) is 2. The molecule has 0 amide bonds. The average Bonchev–Trinajstić information content (AvgIpc) is 2.45.